The molecule has 4 aromatic rings. The molecule has 1 fully saturated rings. The number of carbonyl (C=O) groups is 1. The third kappa shape index (κ3) is 3.67. The van der Waals surface area contributed by atoms with Gasteiger partial charge in [0.1, 0.15) is 6.61 Å². The first kappa shape index (κ1) is 20.4. The quantitative estimate of drug-likeness (QED) is 0.385. The summed E-state index contributed by atoms with van der Waals surface area (Å²) >= 11 is 0. The second kappa shape index (κ2) is 8.55. The third-order valence-electron chi connectivity index (χ3n) is 6.28. The zero-order chi connectivity index (χ0) is 22.1. The summed E-state index contributed by atoms with van der Waals surface area (Å²) < 4.78 is 7.09. The number of carbonyl (C=O) groups excluding carboxylic acids is 1. The molecule has 162 valence electrons. The minimum atomic E-state index is -0.573. The fourth-order valence-corrected chi connectivity index (χ4v) is 4.60. The first-order valence-corrected chi connectivity index (χ1v) is 10.9. The van der Waals surface area contributed by atoms with E-state index in [-0.39, 0.29) is 18.2 Å². The zero-order valence-electron chi connectivity index (χ0n) is 17.6. The van der Waals surface area contributed by atoms with Crippen molar-refractivity contribution in [2.45, 2.75) is 44.4 Å². The van der Waals surface area contributed by atoms with Crippen molar-refractivity contribution < 1.29 is 14.6 Å². The van der Waals surface area contributed by atoms with Gasteiger partial charge in [-0.2, -0.15) is 0 Å². The van der Waals surface area contributed by atoms with E-state index in [9.17, 15) is 14.7 Å². The molecular weight excluding hydrogens is 404 g/mol. The summed E-state index contributed by atoms with van der Waals surface area (Å²) in [4.78, 5) is 31.0. The number of aliphatic hydroxyl groups excluding tert-OH is 1. The highest BCUT2D eigenvalue weighted by Gasteiger charge is 2.26. The molecule has 0 unspecified atom stereocenters. The fraction of sp³-hybridized carbons (Fsp3) is 0.269. The molecule has 0 radical (unpaired) electrons. The second-order valence-corrected chi connectivity index (χ2v) is 8.30. The molecule has 3 aromatic carbocycles. The lowest BCUT2D eigenvalue weighted by molar-refractivity contribution is 0.0475. The first-order valence-electron chi connectivity index (χ1n) is 10.9. The summed E-state index contributed by atoms with van der Waals surface area (Å²) in [6.45, 7) is 0.150. The SMILES string of the molecule is O=C(OCc1ccccc1)c1cc2c(=O)n([C@H]3CCCC[C@@H]3O)cnc2c2ccccc12. The van der Waals surface area contributed by atoms with E-state index in [1.807, 2.05) is 54.6 Å². The van der Waals surface area contributed by atoms with Crippen molar-refractivity contribution in [3.05, 3.63) is 88.5 Å². The van der Waals surface area contributed by atoms with E-state index in [2.05, 4.69) is 4.98 Å². The molecule has 1 saturated carbocycles. The van der Waals surface area contributed by atoms with E-state index in [1.165, 1.54) is 10.9 Å². The normalized spacial score (nSPS) is 18.7. The van der Waals surface area contributed by atoms with Gasteiger partial charge in [0, 0.05) is 5.39 Å². The Balaban J connectivity index is 1.61. The van der Waals surface area contributed by atoms with Gasteiger partial charge in [0.25, 0.3) is 5.56 Å². The summed E-state index contributed by atoms with van der Waals surface area (Å²) in [5.74, 6) is -0.487. The largest absolute Gasteiger partial charge is 0.457 e. The smallest absolute Gasteiger partial charge is 0.339 e. The molecule has 0 bridgehead atoms. The van der Waals surface area contributed by atoms with Crippen molar-refractivity contribution >= 4 is 27.6 Å². The number of nitrogens with zero attached hydrogens (tertiary/aromatic N) is 2. The van der Waals surface area contributed by atoms with E-state index in [0.717, 1.165) is 30.2 Å². The van der Waals surface area contributed by atoms with Gasteiger partial charge in [0.2, 0.25) is 0 Å². The maximum atomic E-state index is 13.4. The van der Waals surface area contributed by atoms with Crippen molar-refractivity contribution in [1.82, 2.24) is 9.55 Å². The molecule has 6 nitrogen and oxygen atoms in total. The molecule has 0 amide bonds. The predicted octanol–water partition coefficient (Wildman–Crippen LogP) is 4.38. The Bertz CT molecular complexity index is 1350. The van der Waals surface area contributed by atoms with Crippen molar-refractivity contribution in [2.24, 2.45) is 0 Å². The van der Waals surface area contributed by atoms with Gasteiger partial charge >= 0.3 is 5.97 Å². The maximum absolute atomic E-state index is 13.4. The number of esters is 1. The van der Waals surface area contributed by atoms with E-state index in [0.29, 0.717) is 28.3 Å². The Morgan fingerprint density at radius 3 is 2.50 bits per heavy atom. The van der Waals surface area contributed by atoms with Gasteiger partial charge in [-0.3, -0.25) is 9.36 Å². The van der Waals surface area contributed by atoms with Gasteiger partial charge in [-0.25, -0.2) is 9.78 Å². The topological polar surface area (TPSA) is 81.4 Å². The molecule has 6 heteroatoms. The average Bonchev–Trinajstić information content (AvgIpc) is 2.83. The highest BCUT2D eigenvalue weighted by Crippen LogP contribution is 2.30. The minimum absolute atomic E-state index is 0.150. The van der Waals surface area contributed by atoms with Crippen LogP contribution in [-0.4, -0.2) is 26.7 Å². The van der Waals surface area contributed by atoms with E-state index in [4.69, 9.17) is 4.74 Å². The van der Waals surface area contributed by atoms with Crippen LogP contribution in [0, 0.1) is 0 Å². The maximum Gasteiger partial charge on any atom is 0.339 e. The zero-order valence-corrected chi connectivity index (χ0v) is 17.6. The molecule has 2 atom stereocenters. The summed E-state index contributed by atoms with van der Waals surface area (Å²) in [7, 11) is 0. The Morgan fingerprint density at radius 2 is 1.72 bits per heavy atom. The summed E-state index contributed by atoms with van der Waals surface area (Å²) in [5, 5.41) is 12.2. The summed E-state index contributed by atoms with van der Waals surface area (Å²) in [5.41, 5.74) is 1.53. The molecule has 1 aliphatic rings. The Labute approximate surface area is 185 Å². The number of hydrogen-bond donors (Lipinski definition) is 1. The van der Waals surface area contributed by atoms with Crippen molar-refractivity contribution in [3.63, 3.8) is 0 Å². The molecule has 1 N–H and O–H groups in total. The number of ether oxygens (including phenoxy) is 1. The number of aromatic nitrogens is 2. The van der Waals surface area contributed by atoms with E-state index < -0.39 is 12.1 Å². The fourth-order valence-electron chi connectivity index (χ4n) is 4.60. The van der Waals surface area contributed by atoms with E-state index in [1.54, 1.807) is 6.07 Å². The highest BCUT2D eigenvalue weighted by molar-refractivity contribution is 6.14. The predicted molar refractivity (Wildman–Crippen MR) is 123 cm³/mol. The van der Waals surface area contributed by atoms with Crippen LogP contribution < -0.4 is 5.56 Å². The lowest BCUT2D eigenvalue weighted by atomic mass is 9.92. The number of hydrogen-bond acceptors (Lipinski definition) is 5. The summed E-state index contributed by atoms with van der Waals surface area (Å²) in [6.07, 6.45) is 4.27. The standard InChI is InChI=1S/C26H24N2O4/c29-23-13-7-6-12-22(23)28-16-27-24-19-11-5-4-10-18(19)20(14-21(24)25(28)30)26(31)32-15-17-8-2-1-3-9-17/h1-5,8-11,14,16,22-23,29H,6-7,12-13,15H2/t22-,23-/m0/s1. The van der Waals surface area contributed by atoms with Crippen LogP contribution in [0.3, 0.4) is 0 Å². The molecule has 0 saturated heterocycles. The van der Waals surface area contributed by atoms with Crippen LogP contribution in [-0.2, 0) is 11.3 Å². The van der Waals surface area contributed by atoms with Gasteiger partial charge in [0.05, 0.1) is 34.9 Å². The third-order valence-corrected chi connectivity index (χ3v) is 6.28. The monoisotopic (exact) mass is 428 g/mol. The molecule has 0 spiro atoms. The van der Waals surface area contributed by atoms with Crippen molar-refractivity contribution in [1.29, 1.82) is 0 Å². The minimum Gasteiger partial charge on any atom is -0.457 e. The van der Waals surface area contributed by atoms with Crippen LogP contribution in [0.5, 0.6) is 0 Å². The van der Waals surface area contributed by atoms with Crippen LogP contribution in [0.15, 0.2) is 71.8 Å². The molecule has 1 heterocycles. The molecule has 5 rings (SSSR count). The van der Waals surface area contributed by atoms with Crippen LogP contribution in [0.4, 0.5) is 0 Å². The van der Waals surface area contributed by atoms with Gasteiger partial charge in [-0.15, -0.1) is 0 Å². The number of benzene rings is 3. The van der Waals surface area contributed by atoms with Gasteiger partial charge in [0.15, 0.2) is 0 Å². The van der Waals surface area contributed by atoms with E-state index >= 15 is 0 Å². The van der Waals surface area contributed by atoms with Crippen LogP contribution >= 0.6 is 0 Å². The Kier molecular flexibility index (Phi) is 5.45. The van der Waals surface area contributed by atoms with Gasteiger partial charge in [-0.05, 0) is 29.9 Å². The second-order valence-electron chi connectivity index (χ2n) is 8.30. The summed E-state index contributed by atoms with van der Waals surface area (Å²) in [6, 6.07) is 18.2. The molecule has 1 aromatic heterocycles. The Hall–Kier alpha value is -3.51. The first-order chi connectivity index (χ1) is 15.6. The number of fused-ring (bicyclic) bond motifs is 3. The molecule has 1 aliphatic carbocycles. The van der Waals surface area contributed by atoms with Crippen molar-refractivity contribution in [2.75, 3.05) is 0 Å². The lowest BCUT2D eigenvalue weighted by Crippen LogP contribution is -2.34. The lowest BCUT2D eigenvalue weighted by Gasteiger charge is -2.29. The van der Waals surface area contributed by atoms with Crippen molar-refractivity contribution in [3.8, 4) is 0 Å². The molecule has 32 heavy (non-hydrogen) atoms. The number of aliphatic hydroxyl groups is 1. The molecular formula is C26H24N2O4. The van der Waals surface area contributed by atoms with Gasteiger partial charge < -0.3 is 9.84 Å². The Morgan fingerprint density at radius 1 is 1.00 bits per heavy atom. The van der Waals surface area contributed by atoms with Crippen LogP contribution in [0.25, 0.3) is 21.7 Å². The van der Waals surface area contributed by atoms with Crippen LogP contribution in [0.2, 0.25) is 0 Å². The average molecular weight is 428 g/mol. The number of rotatable bonds is 4. The highest BCUT2D eigenvalue weighted by atomic mass is 16.5. The molecule has 0 aliphatic heterocycles. The van der Waals surface area contributed by atoms with Crippen LogP contribution in [0.1, 0.15) is 47.6 Å². The van der Waals surface area contributed by atoms with Gasteiger partial charge in [-0.1, -0.05) is 67.4 Å².